The molecule has 0 aromatic heterocycles. The van der Waals surface area contributed by atoms with Crippen molar-refractivity contribution in [2.75, 3.05) is 20.7 Å². The van der Waals surface area contributed by atoms with Crippen molar-refractivity contribution in [2.45, 2.75) is 45.6 Å². The lowest BCUT2D eigenvalue weighted by Crippen LogP contribution is -2.58. The Hall–Kier alpha value is -2.34. The Bertz CT molecular complexity index is 763. The molecule has 148 valence electrons. The molecule has 1 aromatic rings. The average Bonchev–Trinajstić information content (AvgIpc) is 2.58. The molecule has 1 heterocycles. The molecule has 1 unspecified atom stereocenters. The highest BCUT2D eigenvalue weighted by molar-refractivity contribution is 6.16. The van der Waals surface area contributed by atoms with Crippen molar-refractivity contribution >= 4 is 18.0 Å². The van der Waals surface area contributed by atoms with Crippen molar-refractivity contribution in [1.82, 2.24) is 4.90 Å². The molecule has 2 N–H and O–H groups in total. The highest BCUT2D eigenvalue weighted by Crippen LogP contribution is 2.52. The number of piperidine rings is 1. The molecule has 1 saturated heterocycles. The fraction of sp³-hybridized carbons (Fsp3) is 0.524. The molecule has 2 rings (SSSR count). The number of likely N-dealkylation sites (tertiary alicyclic amines) is 1. The monoisotopic (exact) mass is 375 g/mol. The third-order valence-electron chi connectivity index (χ3n) is 6.59. The Labute approximate surface area is 160 Å². The summed E-state index contributed by atoms with van der Waals surface area (Å²) in [6.45, 7) is 9.71. The van der Waals surface area contributed by atoms with Gasteiger partial charge < -0.3 is 19.8 Å². The van der Waals surface area contributed by atoms with Crippen molar-refractivity contribution < 1.29 is 24.5 Å². The summed E-state index contributed by atoms with van der Waals surface area (Å²) >= 11 is 0. The zero-order chi connectivity index (χ0) is 20.6. The highest BCUT2D eigenvalue weighted by atomic mass is 16.5. The topological polar surface area (TPSA) is 87.1 Å². The minimum Gasteiger partial charge on any atom is -0.497 e. The first-order valence-electron chi connectivity index (χ1n) is 9.01. The smallest absolute Gasteiger partial charge is 0.343 e. The Kier molecular flexibility index (Phi) is 5.71. The maximum atomic E-state index is 11.3. The van der Waals surface area contributed by atoms with Gasteiger partial charge in [-0.25, -0.2) is 9.59 Å². The molecule has 6 nitrogen and oxygen atoms in total. The van der Waals surface area contributed by atoms with Crippen LogP contribution in [0.3, 0.4) is 0 Å². The number of carboxylic acid groups (broad SMARTS) is 2. The van der Waals surface area contributed by atoms with Crippen LogP contribution in [0, 0.1) is 5.41 Å². The molecule has 6 heteroatoms. The minimum absolute atomic E-state index is 0.0948. The zero-order valence-electron chi connectivity index (χ0n) is 16.9. The predicted octanol–water partition coefficient (Wildman–Crippen LogP) is 3.47. The molecular formula is C21H29NO5. The summed E-state index contributed by atoms with van der Waals surface area (Å²) < 4.78 is 5.38. The second-order valence-corrected chi connectivity index (χ2v) is 8.21. The number of ether oxygens (including phenoxy) is 1. The lowest BCUT2D eigenvalue weighted by atomic mass is 9.59. The van der Waals surface area contributed by atoms with E-state index in [1.54, 1.807) is 19.2 Å². The lowest BCUT2D eigenvalue weighted by Gasteiger charge is -2.56. The molecule has 0 radical (unpaired) electrons. The van der Waals surface area contributed by atoms with Crippen molar-refractivity contribution in [3.8, 4) is 5.75 Å². The summed E-state index contributed by atoms with van der Waals surface area (Å²) in [5, 5.41) is 18.5. The van der Waals surface area contributed by atoms with Gasteiger partial charge in [-0.1, -0.05) is 19.9 Å². The average molecular weight is 375 g/mol. The largest absolute Gasteiger partial charge is 0.497 e. The normalized spacial score (nSPS) is 21.3. The van der Waals surface area contributed by atoms with Gasteiger partial charge >= 0.3 is 11.9 Å². The Morgan fingerprint density at radius 1 is 1.19 bits per heavy atom. The number of hydrogen-bond acceptors (Lipinski definition) is 4. The van der Waals surface area contributed by atoms with Crippen LogP contribution in [0.2, 0.25) is 0 Å². The predicted molar refractivity (Wildman–Crippen MR) is 104 cm³/mol. The van der Waals surface area contributed by atoms with Crippen molar-refractivity contribution in [1.29, 1.82) is 0 Å². The van der Waals surface area contributed by atoms with Gasteiger partial charge in [-0.15, -0.1) is 0 Å². The fourth-order valence-corrected chi connectivity index (χ4v) is 3.91. The number of benzene rings is 1. The molecule has 27 heavy (non-hydrogen) atoms. The Morgan fingerprint density at radius 2 is 1.78 bits per heavy atom. The van der Waals surface area contributed by atoms with Crippen LogP contribution >= 0.6 is 0 Å². The van der Waals surface area contributed by atoms with Gasteiger partial charge in [0, 0.05) is 5.54 Å². The van der Waals surface area contributed by atoms with Gasteiger partial charge in [-0.05, 0) is 74.5 Å². The minimum atomic E-state index is -1.45. The Morgan fingerprint density at radius 3 is 2.30 bits per heavy atom. The molecule has 0 spiro atoms. The van der Waals surface area contributed by atoms with Crippen LogP contribution in [0.1, 0.15) is 51.2 Å². The van der Waals surface area contributed by atoms with Crippen LogP contribution in [-0.4, -0.2) is 53.3 Å². The highest BCUT2D eigenvalue weighted by Gasteiger charge is 2.49. The second-order valence-electron chi connectivity index (χ2n) is 8.21. The summed E-state index contributed by atoms with van der Waals surface area (Å²) in [5.41, 5.74) is 0.644. The number of hydrogen-bond donors (Lipinski definition) is 2. The van der Waals surface area contributed by atoms with Gasteiger partial charge in [0.05, 0.1) is 7.11 Å². The zero-order valence-corrected chi connectivity index (χ0v) is 16.9. The van der Waals surface area contributed by atoms with Gasteiger partial charge in [0.2, 0.25) is 0 Å². The molecule has 0 amide bonds. The summed E-state index contributed by atoms with van der Waals surface area (Å²) in [6.07, 6.45) is 2.14. The van der Waals surface area contributed by atoms with Crippen molar-refractivity contribution in [3.63, 3.8) is 0 Å². The molecule has 1 aromatic carbocycles. The molecule has 1 aliphatic heterocycles. The van der Waals surface area contributed by atoms with Gasteiger partial charge in [0.15, 0.2) is 0 Å². The SMILES string of the molecule is COc1ccc(C=C(C(=O)O)C(=O)O)c(C2CCN(C)C(C)(C)C2(C)C)c1. The first kappa shape index (κ1) is 21.0. The summed E-state index contributed by atoms with van der Waals surface area (Å²) in [7, 11) is 3.69. The van der Waals surface area contributed by atoms with E-state index >= 15 is 0 Å². The fourth-order valence-electron chi connectivity index (χ4n) is 3.91. The van der Waals surface area contributed by atoms with Gasteiger partial charge in [-0.3, -0.25) is 0 Å². The van der Waals surface area contributed by atoms with E-state index in [-0.39, 0.29) is 16.9 Å². The van der Waals surface area contributed by atoms with E-state index in [0.29, 0.717) is 11.3 Å². The van der Waals surface area contributed by atoms with Crippen LogP contribution in [0.5, 0.6) is 5.75 Å². The lowest BCUT2D eigenvalue weighted by molar-refractivity contribution is -0.140. The third kappa shape index (κ3) is 3.72. The summed E-state index contributed by atoms with van der Waals surface area (Å²) in [4.78, 5) is 25.0. The molecule has 0 bridgehead atoms. The quantitative estimate of drug-likeness (QED) is 0.465. The first-order valence-corrected chi connectivity index (χ1v) is 9.01. The molecule has 1 atom stereocenters. The maximum absolute atomic E-state index is 11.3. The van der Waals surface area contributed by atoms with Crippen molar-refractivity contribution in [3.05, 3.63) is 34.9 Å². The molecule has 1 aliphatic rings. The standard InChI is InChI=1S/C21H29NO5/c1-20(2)17(9-10-22(5)21(20,3)4)15-12-14(27-6)8-7-13(15)11-16(18(23)24)19(25)26/h7-8,11-12,17H,9-10H2,1-6H3,(H,23,24)(H,25,26). The number of rotatable bonds is 5. The van der Waals surface area contributed by atoms with Crippen LogP contribution in [0.15, 0.2) is 23.8 Å². The number of carboxylic acids is 2. The van der Waals surface area contributed by atoms with Crippen LogP contribution in [-0.2, 0) is 9.59 Å². The van der Waals surface area contributed by atoms with Crippen LogP contribution < -0.4 is 4.74 Å². The van der Waals surface area contributed by atoms with E-state index < -0.39 is 17.5 Å². The molecular weight excluding hydrogens is 346 g/mol. The molecule has 1 fully saturated rings. The van der Waals surface area contributed by atoms with Crippen LogP contribution in [0.25, 0.3) is 6.08 Å². The van der Waals surface area contributed by atoms with Gasteiger partial charge in [-0.2, -0.15) is 0 Å². The van der Waals surface area contributed by atoms with E-state index in [9.17, 15) is 19.8 Å². The maximum Gasteiger partial charge on any atom is 0.343 e. The number of aliphatic carboxylic acids is 2. The first-order chi connectivity index (χ1) is 12.4. The van der Waals surface area contributed by atoms with E-state index in [0.717, 1.165) is 18.5 Å². The van der Waals surface area contributed by atoms with Crippen molar-refractivity contribution in [2.24, 2.45) is 5.41 Å². The van der Waals surface area contributed by atoms with E-state index in [2.05, 4.69) is 39.6 Å². The van der Waals surface area contributed by atoms with E-state index in [1.807, 2.05) is 6.07 Å². The summed E-state index contributed by atoms with van der Waals surface area (Å²) in [5.74, 6) is -2.12. The Balaban J connectivity index is 2.66. The van der Waals surface area contributed by atoms with E-state index in [1.165, 1.54) is 6.08 Å². The molecule has 0 aliphatic carbocycles. The third-order valence-corrected chi connectivity index (χ3v) is 6.59. The number of nitrogens with zero attached hydrogens (tertiary/aromatic N) is 1. The second kappa shape index (κ2) is 7.35. The van der Waals surface area contributed by atoms with Gasteiger partial charge in [0.25, 0.3) is 0 Å². The number of carbonyl (C=O) groups is 2. The van der Waals surface area contributed by atoms with E-state index in [4.69, 9.17) is 4.74 Å². The number of methoxy groups -OCH3 is 1. The summed E-state index contributed by atoms with van der Waals surface area (Å²) in [6, 6.07) is 5.37. The molecule has 0 saturated carbocycles. The van der Waals surface area contributed by atoms with Crippen LogP contribution in [0.4, 0.5) is 0 Å². The van der Waals surface area contributed by atoms with Gasteiger partial charge in [0.1, 0.15) is 11.3 Å².